The fraction of sp³-hybridized carbons (Fsp3) is 0.400. The van der Waals surface area contributed by atoms with Crippen LogP contribution in [0.2, 0.25) is 0 Å². The molecule has 0 aliphatic carbocycles. The van der Waals surface area contributed by atoms with Crippen LogP contribution in [0.15, 0.2) is 12.1 Å². The minimum atomic E-state index is -0.0431. The maximum absolute atomic E-state index is 5.78. The zero-order chi connectivity index (χ0) is 10.1. The molecule has 84 valence electrons. The molecule has 1 aromatic carbocycles. The summed E-state index contributed by atoms with van der Waals surface area (Å²) in [6, 6.07) is 3.71. The zero-order valence-electron chi connectivity index (χ0n) is 8.65. The van der Waals surface area contributed by atoms with Crippen molar-refractivity contribution in [2.24, 2.45) is 5.73 Å². The van der Waals surface area contributed by atoms with Crippen LogP contribution in [-0.2, 0) is 0 Å². The third-order valence-corrected chi connectivity index (χ3v) is 2.21. The first kappa shape index (κ1) is 11.9. The molecule has 0 radical (unpaired) electrons. The molecule has 0 amide bonds. The number of fused-ring (bicyclic) bond motifs is 1. The van der Waals surface area contributed by atoms with Crippen LogP contribution in [0.5, 0.6) is 17.2 Å². The minimum Gasteiger partial charge on any atom is -0.493 e. The van der Waals surface area contributed by atoms with Gasteiger partial charge in [0.05, 0.1) is 7.11 Å². The normalized spacial score (nSPS) is 14.3. The van der Waals surface area contributed by atoms with Crippen molar-refractivity contribution >= 4 is 12.4 Å². The molecule has 0 fully saturated rings. The SMILES string of the molecule is COc1cc([C@@H](C)N)cc2c1OCO2.Cl. The van der Waals surface area contributed by atoms with E-state index in [0.29, 0.717) is 17.2 Å². The lowest BCUT2D eigenvalue weighted by Crippen LogP contribution is -2.05. The van der Waals surface area contributed by atoms with Crippen molar-refractivity contribution in [3.63, 3.8) is 0 Å². The van der Waals surface area contributed by atoms with E-state index in [9.17, 15) is 0 Å². The largest absolute Gasteiger partial charge is 0.493 e. The third-order valence-electron chi connectivity index (χ3n) is 2.21. The summed E-state index contributed by atoms with van der Waals surface area (Å²) in [5, 5.41) is 0. The lowest BCUT2D eigenvalue weighted by molar-refractivity contribution is 0.171. The predicted octanol–water partition coefficient (Wildman–Crippen LogP) is 1.87. The highest BCUT2D eigenvalue weighted by molar-refractivity contribution is 5.85. The molecule has 15 heavy (non-hydrogen) atoms. The van der Waals surface area contributed by atoms with Crippen LogP contribution in [0, 0.1) is 0 Å². The Morgan fingerprint density at radius 1 is 1.40 bits per heavy atom. The molecule has 0 saturated heterocycles. The van der Waals surface area contributed by atoms with E-state index in [0.717, 1.165) is 5.56 Å². The van der Waals surface area contributed by atoms with Gasteiger partial charge in [0.25, 0.3) is 0 Å². The summed E-state index contributed by atoms with van der Waals surface area (Å²) in [6.45, 7) is 2.16. The van der Waals surface area contributed by atoms with Gasteiger partial charge < -0.3 is 19.9 Å². The quantitative estimate of drug-likeness (QED) is 0.844. The molecule has 0 spiro atoms. The van der Waals surface area contributed by atoms with Crippen molar-refractivity contribution in [1.29, 1.82) is 0 Å². The Balaban J connectivity index is 0.00000112. The van der Waals surface area contributed by atoms with E-state index < -0.39 is 0 Å². The molecule has 2 rings (SSSR count). The third kappa shape index (κ3) is 2.11. The number of ether oxygens (including phenoxy) is 3. The fourth-order valence-electron chi connectivity index (χ4n) is 1.41. The summed E-state index contributed by atoms with van der Waals surface area (Å²) >= 11 is 0. The number of hydrogen-bond acceptors (Lipinski definition) is 4. The molecule has 1 aliphatic heterocycles. The second-order valence-corrected chi connectivity index (χ2v) is 3.25. The van der Waals surface area contributed by atoms with Gasteiger partial charge in [-0.2, -0.15) is 0 Å². The molecular formula is C10H14ClNO3. The van der Waals surface area contributed by atoms with Gasteiger partial charge in [-0.25, -0.2) is 0 Å². The van der Waals surface area contributed by atoms with Crippen LogP contribution in [0.25, 0.3) is 0 Å². The van der Waals surface area contributed by atoms with Crippen LogP contribution in [0.1, 0.15) is 18.5 Å². The van der Waals surface area contributed by atoms with Crippen molar-refractivity contribution in [2.45, 2.75) is 13.0 Å². The average molecular weight is 232 g/mol. The molecule has 1 heterocycles. The van der Waals surface area contributed by atoms with Gasteiger partial charge in [-0.3, -0.25) is 0 Å². The molecule has 1 atom stereocenters. The number of halogens is 1. The molecule has 0 unspecified atom stereocenters. The second-order valence-electron chi connectivity index (χ2n) is 3.25. The number of methoxy groups -OCH3 is 1. The van der Waals surface area contributed by atoms with Crippen molar-refractivity contribution in [2.75, 3.05) is 13.9 Å². The maximum atomic E-state index is 5.78. The molecule has 0 saturated carbocycles. The van der Waals surface area contributed by atoms with Gasteiger partial charge in [0.1, 0.15) is 0 Å². The van der Waals surface area contributed by atoms with E-state index in [1.807, 2.05) is 19.1 Å². The molecule has 2 N–H and O–H groups in total. The summed E-state index contributed by atoms with van der Waals surface area (Å²) in [7, 11) is 1.60. The smallest absolute Gasteiger partial charge is 0.231 e. The van der Waals surface area contributed by atoms with Crippen LogP contribution in [-0.4, -0.2) is 13.9 Å². The lowest BCUT2D eigenvalue weighted by Gasteiger charge is -2.10. The van der Waals surface area contributed by atoms with Gasteiger partial charge in [0, 0.05) is 6.04 Å². The highest BCUT2D eigenvalue weighted by atomic mass is 35.5. The van der Waals surface area contributed by atoms with Crippen LogP contribution < -0.4 is 19.9 Å². The first-order valence-electron chi connectivity index (χ1n) is 4.45. The second kappa shape index (κ2) is 4.59. The summed E-state index contributed by atoms with van der Waals surface area (Å²) in [5.41, 5.74) is 6.76. The summed E-state index contributed by atoms with van der Waals surface area (Å²) < 4.78 is 15.7. The van der Waals surface area contributed by atoms with E-state index in [1.165, 1.54) is 0 Å². The van der Waals surface area contributed by atoms with Gasteiger partial charge in [-0.15, -0.1) is 12.4 Å². The topological polar surface area (TPSA) is 53.7 Å². The van der Waals surface area contributed by atoms with E-state index >= 15 is 0 Å². The molecule has 1 aliphatic rings. The highest BCUT2D eigenvalue weighted by Gasteiger charge is 2.20. The van der Waals surface area contributed by atoms with Crippen molar-refractivity contribution in [1.82, 2.24) is 0 Å². The summed E-state index contributed by atoms with van der Waals surface area (Å²) in [4.78, 5) is 0. The first-order chi connectivity index (χ1) is 6.72. The minimum absolute atomic E-state index is 0. The van der Waals surface area contributed by atoms with E-state index in [2.05, 4.69) is 0 Å². The van der Waals surface area contributed by atoms with Gasteiger partial charge in [0.2, 0.25) is 12.5 Å². The highest BCUT2D eigenvalue weighted by Crippen LogP contribution is 2.42. The van der Waals surface area contributed by atoms with E-state index in [-0.39, 0.29) is 25.2 Å². The van der Waals surface area contributed by atoms with Crippen molar-refractivity contribution < 1.29 is 14.2 Å². The van der Waals surface area contributed by atoms with Crippen LogP contribution in [0.3, 0.4) is 0 Å². The van der Waals surface area contributed by atoms with Gasteiger partial charge >= 0.3 is 0 Å². The molecule has 5 heteroatoms. The predicted molar refractivity (Wildman–Crippen MR) is 59.0 cm³/mol. The summed E-state index contributed by atoms with van der Waals surface area (Å²) in [5.74, 6) is 2.04. The molecule has 0 bridgehead atoms. The Morgan fingerprint density at radius 2 is 2.13 bits per heavy atom. The lowest BCUT2D eigenvalue weighted by atomic mass is 10.1. The number of benzene rings is 1. The molecule has 1 aromatic rings. The van der Waals surface area contributed by atoms with Gasteiger partial charge in [-0.1, -0.05) is 0 Å². The van der Waals surface area contributed by atoms with Crippen molar-refractivity contribution in [3.8, 4) is 17.2 Å². The molecule has 0 aromatic heterocycles. The van der Waals surface area contributed by atoms with Gasteiger partial charge in [0.15, 0.2) is 11.5 Å². The number of hydrogen-bond donors (Lipinski definition) is 1. The average Bonchev–Trinajstić information content (AvgIpc) is 2.63. The van der Waals surface area contributed by atoms with E-state index in [1.54, 1.807) is 7.11 Å². The Morgan fingerprint density at radius 3 is 2.73 bits per heavy atom. The molecule has 4 nitrogen and oxygen atoms in total. The number of nitrogens with two attached hydrogens (primary N) is 1. The van der Waals surface area contributed by atoms with Gasteiger partial charge in [-0.05, 0) is 24.6 Å². The summed E-state index contributed by atoms with van der Waals surface area (Å²) in [6.07, 6.45) is 0. The van der Waals surface area contributed by atoms with Crippen LogP contribution >= 0.6 is 12.4 Å². The molecular weight excluding hydrogens is 218 g/mol. The Kier molecular flexibility index (Phi) is 3.66. The van der Waals surface area contributed by atoms with Crippen LogP contribution in [0.4, 0.5) is 0 Å². The van der Waals surface area contributed by atoms with E-state index in [4.69, 9.17) is 19.9 Å². The Labute approximate surface area is 94.7 Å². The Hall–Kier alpha value is -1.13. The number of rotatable bonds is 2. The maximum Gasteiger partial charge on any atom is 0.231 e. The zero-order valence-corrected chi connectivity index (χ0v) is 9.47. The van der Waals surface area contributed by atoms with Crippen molar-refractivity contribution in [3.05, 3.63) is 17.7 Å². The standard InChI is InChI=1S/C10H13NO3.ClH/c1-6(11)7-3-8(12-2)10-9(4-7)13-5-14-10;/h3-4,6H,5,11H2,1-2H3;1H/t6-;/m1./s1. The monoisotopic (exact) mass is 231 g/mol. The first-order valence-corrected chi connectivity index (χ1v) is 4.45. The Bertz CT molecular complexity index is 355. The fourth-order valence-corrected chi connectivity index (χ4v) is 1.41.